The molecule has 0 aliphatic rings. The van der Waals surface area contributed by atoms with E-state index in [0.717, 1.165) is 15.8 Å². The van der Waals surface area contributed by atoms with Gasteiger partial charge in [-0.15, -0.1) is 0 Å². The zero-order valence-corrected chi connectivity index (χ0v) is 14.2. The van der Waals surface area contributed by atoms with E-state index in [1.807, 2.05) is 72.8 Å². The Morgan fingerprint density at radius 1 is 0.833 bits per heavy atom. The second-order valence-electron chi connectivity index (χ2n) is 5.35. The van der Waals surface area contributed by atoms with Crippen molar-refractivity contribution in [1.82, 2.24) is 0 Å². The van der Waals surface area contributed by atoms with E-state index in [-0.39, 0.29) is 0 Å². The minimum absolute atomic E-state index is 0.592. The highest BCUT2D eigenvalue weighted by molar-refractivity contribution is 7.85. The molecule has 0 aliphatic carbocycles. The Balaban J connectivity index is 2.01. The number of furan rings is 1. The van der Waals surface area contributed by atoms with E-state index >= 15 is 0 Å². The van der Waals surface area contributed by atoms with Crippen LogP contribution in [0.1, 0.15) is 0 Å². The first-order chi connectivity index (χ1) is 11.7. The molecule has 0 spiro atoms. The molecule has 1 heterocycles. The second kappa shape index (κ2) is 6.27. The zero-order valence-electron chi connectivity index (χ0n) is 12.6. The van der Waals surface area contributed by atoms with Crippen LogP contribution in [0.2, 0.25) is 5.02 Å². The van der Waals surface area contributed by atoms with Crippen molar-refractivity contribution in [1.29, 1.82) is 0 Å². The predicted octanol–water partition coefficient (Wildman–Crippen LogP) is 5.92. The van der Waals surface area contributed by atoms with Crippen molar-refractivity contribution in [3.8, 4) is 11.3 Å². The van der Waals surface area contributed by atoms with E-state index in [1.165, 1.54) is 0 Å². The summed E-state index contributed by atoms with van der Waals surface area (Å²) in [5.74, 6) is 0.620. The normalized spacial score (nSPS) is 12.4. The second-order valence-corrected chi connectivity index (χ2v) is 7.20. The largest absolute Gasteiger partial charge is 0.455 e. The number of rotatable bonds is 3. The van der Waals surface area contributed by atoms with Crippen LogP contribution in [-0.2, 0) is 10.8 Å². The molecule has 1 atom stereocenters. The van der Waals surface area contributed by atoms with Gasteiger partial charge in [0.1, 0.15) is 5.58 Å². The van der Waals surface area contributed by atoms with Gasteiger partial charge in [0.2, 0.25) is 0 Å². The summed E-state index contributed by atoms with van der Waals surface area (Å²) in [5, 5.41) is 1.37. The van der Waals surface area contributed by atoms with E-state index in [0.29, 0.717) is 21.3 Å². The maximum Gasteiger partial charge on any atom is 0.151 e. The van der Waals surface area contributed by atoms with E-state index in [9.17, 15) is 4.21 Å². The molecule has 0 aliphatic heterocycles. The summed E-state index contributed by atoms with van der Waals surface area (Å²) in [6.07, 6.45) is 0. The van der Waals surface area contributed by atoms with Crippen molar-refractivity contribution in [2.75, 3.05) is 0 Å². The molecule has 0 N–H and O–H groups in total. The molecular formula is C20H13ClO2S. The molecule has 0 saturated heterocycles. The first kappa shape index (κ1) is 15.2. The monoisotopic (exact) mass is 352 g/mol. The number of hydrogen-bond acceptors (Lipinski definition) is 2. The van der Waals surface area contributed by atoms with Gasteiger partial charge in [0.15, 0.2) is 5.76 Å². The molecule has 24 heavy (non-hydrogen) atoms. The Morgan fingerprint density at radius 3 is 2.21 bits per heavy atom. The molecule has 4 heteroatoms. The van der Waals surface area contributed by atoms with Gasteiger partial charge in [-0.05, 0) is 30.3 Å². The SMILES string of the molecule is O=S(c1ccccc1)c1c(-c2ccccc2)oc2ccc(Cl)cc12. The molecule has 0 radical (unpaired) electrons. The van der Waals surface area contributed by atoms with Gasteiger partial charge in [-0.25, -0.2) is 4.21 Å². The number of hydrogen-bond donors (Lipinski definition) is 0. The Bertz CT molecular complexity index is 1020. The smallest absolute Gasteiger partial charge is 0.151 e. The summed E-state index contributed by atoms with van der Waals surface area (Å²) in [6, 6.07) is 24.5. The van der Waals surface area contributed by atoms with Crippen molar-refractivity contribution >= 4 is 33.4 Å². The van der Waals surface area contributed by atoms with Crippen molar-refractivity contribution in [2.24, 2.45) is 0 Å². The van der Waals surface area contributed by atoms with Crippen LogP contribution in [0.15, 0.2) is 93.1 Å². The molecule has 0 amide bonds. The van der Waals surface area contributed by atoms with Gasteiger partial charge in [-0.2, -0.15) is 0 Å². The molecule has 0 fully saturated rings. The fourth-order valence-electron chi connectivity index (χ4n) is 2.67. The third-order valence-corrected chi connectivity index (χ3v) is 5.49. The van der Waals surface area contributed by atoms with Crippen molar-refractivity contribution in [2.45, 2.75) is 9.79 Å². The van der Waals surface area contributed by atoms with Crippen LogP contribution in [0.3, 0.4) is 0 Å². The maximum absolute atomic E-state index is 13.2. The lowest BCUT2D eigenvalue weighted by molar-refractivity contribution is 0.622. The predicted molar refractivity (Wildman–Crippen MR) is 97.8 cm³/mol. The minimum Gasteiger partial charge on any atom is -0.455 e. The third-order valence-electron chi connectivity index (χ3n) is 3.78. The third kappa shape index (κ3) is 2.66. The first-order valence-electron chi connectivity index (χ1n) is 7.48. The van der Waals surface area contributed by atoms with E-state index in [4.69, 9.17) is 16.0 Å². The maximum atomic E-state index is 13.2. The van der Waals surface area contributed by atoms with Gasteiger partial charge < -0.3 is 4.42 Å². The van der Waals surface area contributed by atoms with Crippen LogP contribution >= 0.6 is 11.6 Å². The zero-order chi connectivity index (χ0) is 16.5. The highest BCUT2D eigenvalue weighted by Crippen LogP contribution is 2.38. The van der Waals surface area contributed by atoms with Crippen LogP contribution in [0.4, 0.5) is 0 Å². The van der Waals surface area contributed by atoms with E-state index in [1.54, 1.807) is 6.07 Å². The van der Waals surface area contributed by atoms with Gasteiger partial charge in [-0.3, -0.25) is 0 Å². The topological polar surface area (TPSA) is 30.2 Å². The highest BCUT2D eigenvalue weighted by atomic mass is 35.5. The number of benzene rings is 3. The lowest BCUT2D eigenvalue weighted by atomic mass is 10.1. The van der Waals surface area contributed by atoms with Gasteiger partial charge in [0, 0.05) is 20.9 Å². The van der Waals surface area contributed by atoms with Gasteiger partial charge in [0.25, 0.3) is 0 Å². The summed E-state index contributed by atoms with van der Waals surface area (Å²) >= 11 is 6.16. The molecular weight excluding hydrogens is 340 g/mol. The van der Waals surface area contributed by atoms with E-state index < -0.39 is 10.8 Å². The molecule has 4 aromatic rings. The fraction of sp³-hybridized carbons (Fsp3) is 0. The molecule has 2 nitrogen and oxygen atoms in total. The molecule has 0 saturated carbocycles. The Kier molecular flexibility index (Phi) is 3.97. The molecule has 0 bridgehead atoms. The van der Waals surface area contributed by atoms with Gasteiger partial charge in [0.05, 0.1) is 15.7 Å². The van der Waals surface area contributed by atoms with Crippen molar-refractivity contribution < 1.29 is 8.63 Å². The van der Waals surface area contributed by atoms with Gasteiger partial charge in [-0.1, -0.05) is 60.1 Å². The standard InChI is InChI=1S/C20H13ClO2S/c21-15-11-12-18-17(13-15)20(24(22)16-9-5-2-6-10-16)19(23-18)14-7-3-1-4-8-14/h1-13H. The summed E-state index contributed by atoms with van der Waals surface area (Å²) < 4.78 is 19.3. The summed E-state index contributed by atoms with van der Waals surface area (Å²) in [5.41, 5.74) is 1.57. The van der Waals surface area contributed by atoms with Crippen molar-refractivity contribution in [3.63, 3.8) is 0 Å². The van der Waals surface area contributed by atoms with Crippen LogP contribution in [-0.4, -0.2) is 4.21 Å². The average Bonchev–Trinajstić information content (AvgIpc) is 3.01. The van der Waals surface area contributed by atoms with Crippen LogP contribution in [0.25, 0.3) is 22.3 Å². The lowest BCUT2D eigenvalue weighted by Crippen LogP contribution is -1.93. The van der Waals surface area contributed by atoms with Crippen LogP contribution < -0.4 is 0 Å². The lowest BCUT2D eigenvalue weighted by Gasteiger charge is -2.04. The quantitative estimate of drug-likeness (QED) is 0.458. The Hall–Kier alpha value is -2.36. The number of fused-ring (bicyclic) bond motifs is 1. The average molecular weight is 353 g/mol. The summed E-state index contributed by atoms with van der Waals surface area (Å²) in [7, 11) is -1.36. The molecule has 118 valence electrons. The fourth-order valence-corrected chi connectivity index (χ4v) is 4.17. The summed E-state index contributed by atoms with van der Waals surface area (Å²) in [4.78, 5) is 1.39. The highest BCUT2D eigenvalue weighted by Gasteiger charge is 2.22. The Morgan fingerprint density at radius 2 is 1.50 bits per heavy atom. The van der Waals surface area contributed by atoms with Gasteiger partial charge >= 0.3 is 0 Å². The Labute approximate surface area is 147 Å². The molecule has 1 unspecified atom stereocenters. The molecule has 1 aromatic heterocycles. The number of halogens is 1. The van der Waals surface area contributed by atoms with Crippen LogP contribution in [0.5, 0.6) is 0 Å². The van der Waals surface area contributed by atoms with Crippen LogP contribution in [0, 0.1) is 0 Å². The summed E-state index contributed by atoms with van der Waals surface area (Å²) in [6.45, 7) is 0. The molecule has 3 aromatic carbocycles. The minimum atomic E-state index is -1.36. The molecule has 4 rings (SSSR count). The van der Waals surface area contributed by atoms with E-state index in [2.05, 4.69) is 0 Å². The van der Waals surface area contributed by atoms with Crippen molar-refractivity contribution in [3.05, 3.63) is 83.9 Å². The first-order valence-corrected chi connectivity index (χ1v) is 9.01.